The van der Waals surface area contributed by atoms with Gasteiger partial charge in [0, 0.05) is 30.3 Å². The first-order valence-electron chi connectivity index (χ1n) is 7.20. The molecule has 2 atom stereocenters. The highest BCUT2D eigenvalue weighted by molar-refractivity contribution is 5.83. The predicted molar refractivity (Wildman–Crippen MR) is 78.5 cm³/mol. The van der Waals surface area contributed by atoms with Gasteiger partial charge in [0.2, 0.25) is 5.91 Å². The smallest absolute Gasteiger partial charge is 0.225 e. The monoisotopic (exact) mass is 272 g/mol. The van der Waals surface area contributed by atoms with Crippen molar-refractivity contribution >= 4 is 16.8 Å². The van der Waals surface area contributed by atoms with Crippen LogP contribution >= 0.6 is 0 Å². The molecule has 20 heavy (non-hydrogen) atoms. The summed E-state index contributed by atoms with van der Waals surface area (Å²) in [7, 11) is 0. The summed E-state index contributed by atoms with van der Waals surface area (Å²) in [6.45, 7) is 3.34. The van der Waals surface area contributed by atoms with Gasteiger partial charge in [-0.2, -0.15) is 0 Å². The third-order valence-corrected chi connectivity index (χ3v) is 4.08. The van der Waals surface area contributed by atoms with Crippen LogP contribution in [-0.4, -0.2) is 30.1 Å². The summed E-state index contributed by atoms with van der Waals surface area (Å²) in [6, 6.07) is 8.23. The van der Waals surface area contributed by atoms with Crippen LogP contribution < -0.4 is 5.32 Å². The summed E-state index contributed by atoms with van der Waals surface area (Å²) in [4.78, 5) is 15.3. The highest BCUT2D eigenvalue weighted by Crippen LogP contribution is 2.21. The molecule has 1 fully saturated rings. The van der Waals surface area contributed by atoms with Gasteiger partial charge in [0.05, 0.1) is 12.0 Å². The lowest BCUT2D eigenvalue weighted by molar-refractivity contribution is -0.126. The summed E-state index contributed by atoms with van der Waals surface area (Å²) >= 11 is 0. The van der Waals surface area contributed by atoms with Gasteiger partial charge in [0.25, 0.3) is 0 Å². The molecule has 1 saturated heterocycles. The lowest BCUT2D eigenvalue weighted by Crippen LogP contribution is -2.35. The molecule has 1 aliphatic rings. The van der Waals surface area contributed by atoms with Gasteiger partial charge in [-0.3, -0.25) is 4.79 Å². The second-order valence-corrected chi connectivity index (χ2v) is 5.37. The fraction of sp³-hybridized carbons (Fsp3) is 0.438. The standard InChI is InChI=1S/C16H20N2O2/c1-11-13(7-9-20-11)16(19)17-8-6-12-10-18-15-5-3-2-4-14(12)15/h2-5,10-11,13,18H,6-9H2,1H3,(H,17,19). The van der Waals surface area contributed by atoms with E-state index in [2.05, 4.69) is 22.4 Å². The Bertz CT molecular complexity index is 605. The second-order valence-electron chi connectivity index (χ2n) is 5.37. The Morgan fingerprint density at radius 2 is 2.30 bits per heavy atom. The molecule has 1 aromatic heterocycles. The molecule has 2 aromatic rings. The molecule has 0 radical (unpaired) electrons. The number of para-hydroxylation sites is 1. The molecule has 1 aromatic carbocycles. The number of rotatable bonds is 4. The van der Waals surface area contributed by atoms with E-state index in [1.54, 1.807) is 0 Å². The summed E-state index contributed by atoms with van der Waals surface area (Å²) in [6.07, 6.45) is 3.75. The first-order chi connectivity index (χ1) is 9.75. The van der Waals surface area contributed by atoms with E-state index in [4.69, 9.17) is 4.74 Å². The zero-order chi connectivity index (χ0) is 13.9. The number of carbonyl (C=O) groups is 1. The Morgan fingerprint density at radius 1 is 1.45 bits per heavy atom. The summed E-state index contributed by atoms with van der Waals surface area (Å²) in [5.41, 5.74) is 2.39. The van der Waals surface area contributed by atoms with Crippen molar-refractivity contribution in [3.05, 3.63) is 36.0 Å². The third kappa shape index (κ3) is 2.56. The molecule has 0 bridgehead atoms. The van der Waals surface area contributed by atoms with Crippen molar-refractivity contribution in [2.24, 2.45) is 5.92 Å². The SMILES string of the molecule is CC1OCCC1C(=O)NCCc1c[nH]c2ccccc12. The summed E-state index contributed by atoms with van der Waals surface area (Å²) in [5, 5.41) is 4.26. The van der Waals surface area contributed by atoms with Gasteiger partial charge >= 0.3 is 0 Å². The Hall–Kier alpha value is -1.81. The van der Waals surface area contributed by atoms with Crippen molar-refractivity contribution < 1.29 is 9.53 Å². The highest BCUT2D eigenvalue weighted by atomic mass is 16.5. The van der Waals surface area contributed by atoms with Gasteiger partial charge in [-0.15, -0.1) is 0 Å². The molecule has 4 heteroatoms. The molecule has 2 N–H and O–H groups in total. The maximum atomic E-state index is 12.0. The van der Waals surface area contributed by atoms with Crippen LogP contribution in [0.2, 0.25) is 0 Å². The van der Waals surface area contributed by atoms with Crippen LogP contribution in [0.4, 0.5) is 0 Å². The average molecular weight is 272 g/mol. The Kier molecular flexibility index (Phi) is 3.74. The number of aromatic amines is 1. The number of amides is 1. The van der Waals surface area contributed by atoms with Gasteiger partial charge in [0.1, 0.15) is 0 Å². The van der Waals surface area contributed by atoms with Crippen LogP contribution in [-0.2, 0) is 16.0 Å². The number of fused-ring (bicyclic) bond motifs is 1. The van der Waals surface area contributed by atoms with E-state index in [-0.39, 0.29) is 17.9 Å². The number of hydrogen-bond donors (Lipinski definition) is 2. The van der Waals surface area contributed by atoms with Crippen LogP contribution in [0.15, 0.2) is 30.5 Å². The minimum atomic E-state index is 0.0120. The molecule has 2 unspecified atom stereocenters. The normalized spacial score (nSPS) is 22.2. The van der Waals surface area contributed by atoms with Crippen LogP contribution in [0.1, 0.15) is 18.9 Å². The first kappa shape index (κ1) is 13.2. The van der Waals surface area contributed by atoms with Crippen LogP contribution in [0.3, 0.4) is 0 Å². The number of aromatic nitrogens is 1. The van der Waals surface area contributed by atoms with E-state index in [0.29, 0.717) is 13.2 Å². The molecule has 0 spiro atoms. The summed E-state index contributed by atoms with van der Waals surface area (Å²) in [5.74, 6) is 0.132. The predicted octanol–water partition coefficient (Wildman–Crippen LogP) is 2.25. The van der Waals surface area contributed by atoms with Gasteiger partial charge in [-0.05, 0) is 31.4 Å². The molecule has 2 heterocycles. The van der Waals surface area contributed by atoms with Crippen molar-refractivity contribution in [1.29, 1.82) is 0 Å². The number of carbonyl (C=O) groups excluding carboxylic acids is 1. The topological polar surface area (TPSA) is 54.1 Å². The third-order valence-electron chi connectivity index (χ3n) is 4.08. The molecule has 106 valence electrons. The summed E-state index contributed by atoms with van der Waals surface area (Å²) < 4.78 is 5.43. The molecule has 1 amide bonds. The van der Waals surface area contributed by atoms with Crippen LogP contribution in [0, 0.1) is 5.92 Å². The number of H-pyrrole nitrogens is 1. The van der Waals surface area contributed by atoms with E-state index in [0.717, 1.165) is 18.4 Å². The minimum Gasteiger partial charge on any atom is -0.378 e. The number of benzene rings is 1. The lowest BCUT2D eigenvalue weighted by atomic mass is 10.0. The highest BCUT2D eigenvalue weighted by Gasteiger charge is 2.30. The number of hydrogen-bond acceptors (Lipinski definition) is 2. The van der Waals surface area contributed by atoms with E-state index in [1.807, 2.05) is 25.3 Å². The fourth-order valence-corrected chi connectivity index (χ4v) is 2.87. The lowest BCUT2D eigenvalue weighted by Gasteiger charge is -2.13. The maximum absolute atomic E-state index is 12.0. The van der Waals surface area contributed by atoms with E-state index < -0.39 is 0 Å². The first-order valence-corrected chi connectivity index (χ1v) is 7.20. The van der Waals surface area contributed by atoms with Crippen molar-refractivity contribution in [2.45, 2.75) is 25.9 Å². The quantitative estimate of drug-likeness (QED) is 0.897. The van der Waals surface area contributed by atoms with E-state index in [1.165, 1.54) is 10.9 Å². The molecular weight excluding hydrogens is 252 g/mol. The minimum absolute atomic E-state index is 0.0120. The van der Waals surface area contributed by atoms with E-state index in [9.17, 15) is 4.79 Å². The van der Waals surface area contributed by atoms with Crippen molar-refractivity contribution in [1.82, 2.24) is 10.3 Å². The zero-order valence-electron chi connectivity index (χ0n) is 11.7. The van der Waals surface area contributed by atoms with Crippen LogP contribution in [0.25, 0.3) is 10.9 Å². The van der Waals surface area contributed by atoms with Gasteiger partial charge in [-0.25, -0.2) is 0 Å². The molecular formula is C16H20N2O2. The molecule has 4 nitrogen and oxygen atoms in total. The van der Waals surface area contributed by atoms with Crippen LogP contribution in [0.5, 0.6) is 0 Å². The van der Waals surface area contributed by atoms with Crippen molar-refractivity contribution in [3.8, 4) is 0 Å². The largest absolute Gasteiger partial charge is 0.378 e. The molecule has 0 saturated carbocycles. The number of ether oxygens (including phenoxy) is 1. The second kappa shape index (κ2) is 5.67. The Morgan fingerprint density at radius 3 is 3.10 bits per heavy atom. The molecule has 0 aliphatic carbocycles. The average Bonchev–Trinajstić information content (AvgIpc) is 3.05. The van der Waals surface area contributed by atoms with Gasteiger partial charge in [0.15, 0.2) is 0 Å². The van der Waals surface area contributed by atoms with Crippen molar-refractivity contribution in [2.75, 3.05) is 13.2 Å². The molecule has 1 aliphatic heterocycles. The molecule has 3 rings (SSSR count). The van der Waals surface area contributed by atoms with Gasteiger partial charge < -0.3 is 15.0 Å². The number of nitrogens with one attached hydrogen (secondary N) is 2. The Balaban J connectivity index is 1.56. The van der Waals surface area contributed by atoms with Gasteiger partial charge in [-0.1, -0.05) is 18.2 Å². The van der Waals surface area contributed by atoms with E-state index >= 15 is 0 Å². The maximum Gasteiger partial charge on any atom is 0.225 e. The zero-order valence-corrected chi connectivity index (χ0v) is 11.7. The Labute approximate surface area is 118 Å². The fourth-order valence-electron chi connectivity index (χ4n) is 2.87. The van der Waals surface area contributed by atoms with Crippen molar-refractivity contribution in [3.63, 3.8) is 0 Å².